The first-order valence-corrected chi connectivity index (χ1v) is 6.42. The second-order valence-corrected chi connectivity index (χ2v) is 4.72. The van der Waals surface area contributed by atoms with Crippen molar-refractivity contribution in [1.82, 2.24) is 14.3 Å². The predicted molar refractivity (Wildman–Crippen MR) is 74.8 cm³/mol. The van der Waals surface area contributed by atoms with Crippen LogP contribution in [0.3, 0.4) is 0 Å². The first-order chi connectivity index (χ1) is 9.49. The first-order valence-electron chi connectivity index (χ1n) is 6.42. The Hall–Kier alpha value is -2.21. The van der Waals surface area contributed by atoms with Gasteiger partial charge in [-0.2, -0.15) is 0 Å². The molecule has 0 aliphatic carbocycles. The second-order valence-electron chi connectivity index (χ2n) is 4.72. The number of aliphatic carboxylic acids is 1. The molecule has 0 aromatic carbocycles. The van der Waals surface area contributed by atoms with Crippen molar-refractivity contribution in [3.63, 3.8) is 0 Å². The van der Waals surface area contributed by atoms with Crippen LogP contribution < -0.4 is 5.56 Å². The third-order valence-corrected chi connectivity index (χ3v) is 3.05. The van der Waals surface area contributed by atoms with E-state index in [0.717, 1.165) is 5.56 Å². The molecule has 0 fully saturated rings. The Balaban J connectivity index is 2.34. The average Bonchev–Trinajstić information content (AvgIpc) is 2.38. The third-order valence-electron chi connectivity index (χ3n) is 3.05. The van der Waals surface area contributed by atoms with Crippen LogP contribution in [0, 0.1) is 6.92 Å². The van der Waals surface area contributed by atoms with Crippen LogP contribution in [0.25, 0.3) is 5.65 Å². The van der Waals surface area contributed by atoms with E-state index in [2.05, 4.69) is 4.98 Å². The minimum atomic E-state index is -0.889. The van der Waals surface area contributed by atoms with Gasteiger partial charge in [-0.3, -0.25) is 18.9 Å². The molecule has 0 bridgehead atoms. The van der Waals surface area contributed by atoms with E-state index >= 15 is 0 Å². The molecule has 0 saturated carbocycles. The van der Waals surface area contributed by atoms with E-state index < -0.39 is 5.97 Å². The molecule has 0 aliphatic rings. The highest BCUT2D eigenvalue weighted by molar-refractivity contribution is 5.69. The third kappa shape index (κ3) is 3.21. The maximum absolute atomic E-state index is 12.0. The van der Waals surface area contributed by atoms with Crippen LogP contribution in [0.2, 0.25) is 0 Å². The number of carbonyl (C=O) groups is 1. The highest BCUT2D eigenvalue weighted by Gasteiger charge is 2.10. The molecule has 106 valence electrons. The van der Waals surface area contributed by atoms with Crippen LogP contribution >= 0.6 is 0 Å². The van der Waals surface area contributed by atoms with Gasteiger partial charge in [-0.1, -0.05) is 13.0 Å². The van der Waals surface area contributed by atoms with Gasteiger partial charge in [-0.05, 0) is 25.1 Å². The molecule has 20 heavy (non-hydrogen) atoms. The molecule has 0 atom stereocenters. The number of carboxylic acids is 1. The molecule has 2 heterocycles. The molecule has 1 N–H and O–H groups in total. The molecule has 2 rings (SSSR count). The molecular formula is C14H17N3O3. The molecule has 0 aliphatic heterocycles. The van der Waals surface area contributed by atoms with Crippen LogP contribution in [0.5, 0.6) is 0 Å². The number of carboxylic acid groups (broad SMARTS) is 1. The lowest BCUT2D eigenvalue weighted by Crippen LogP contribution is -2.30. The van der Waals surface area contributed by atoms with Crippen molar-refractivity contribution < 1.29 is 9.90 Å². The van der Waals surface area contributed by atoms with Gasteiger partial charge in [-0.25, -0.2) is 4.98 Å². The number of pyridine rings is 1. The fourth-order valence-corrected chi connectivity index (χ4v) is 2.04. The summed E-state index contributed by atoms with van der Waals surface area (Å²) in [6.07, 6.45) is 1.74. The summed E-state index contributed by atoms with van der Waals surface area (Å²) in [5.41, 5.74) is 1.99. The molecule has 2 aromatic rings. The summed E-state index contributed by atoms with van der Waals surface area (Å²) < 4.78 is 1.49. The van der Waals surface area contributed by atoms with Crippen molar-refractivity contribution in [2.45, 2.75) is 20.4 Å². The summed E-state index contributed by atoms with van der Waals surface area (Å²) in [7, 11) is 0. The number of hydrogen-bond donors (Lipinski definition) is 1. The van der Waals surface area contributed by atoms with E-state index in [1.807, 2.05) is 19.9 Å². The molecule has 0 amide bonds. The number of fused-ring (bicyclic) bond motifs is 1. The number of rotatable bonds is 5. The molecule has 0 spiro atoms. The monoisotopic (exact) mass is 275 g/mol. The SMILES string of the molecule is CCN(CC(=O)O)Cc1cc(=O)n2cc(C)ccc2n1. The largest absolute Gasteiger partial charge is 0.480 e. The Morgan fingerprint density at radius 1 is 1.45 bits per heavy atom. The number of aromatic nitrogens is 2. The molecule has 2 aromatic heterocycles. The van der Waals surface area contributed by atoms with E-state index in [1.165, 1.54) is 10.5 Å². The van der Waals surface area contributed by atoms with Crippen molar-refractivity contribution in [2.24, 2.45) is 0 Å². The van der Waals surface area contributed by atoms with Gasteiger partial charge < -0.3 is 5.11 Å². The quantitative estimate of drug-likeness (QED) is 0.878. The van der Waals surface area contributed by atoms with E-state index in [0.29, 0.717) is 24.4 Å². The van der Waals surface area contributed by atoms with Crippen LogP contribution in [-0.4, -0.2) is 38.4 Å². The Morgan fingerprint density at radius 3 is 2.85 bits per heavy atom. The lowest BCUT2D eigenvalue weighted by molar-refractivity contribution is -0.138. The van der Waals surface area contributed by atoms with Crippen molar-refractivity contribution in [3.8, 4) is 0 Å². The molecule has 0 unspecified atom stereocenters. The molecule has 0 radical (unpaired) electrons. The Labute approximate surface area is 116 Å². The summed E-state index contributed by atoms with van der Waals surface area (Å²) in [6, 6.07) is 5.13. The number of aryl methyl sites for hydroxylation is 1. The Kier molecular flexibility index (Phi) is 4.14. The van der Waals surface area contributed by atoms with Gasteiger partial charge in [0.2, 0.25) is 0 Å². The molecule has 6 nitrogen and oxygen atoms in total. The minimum Gasteiger partial charge on any atom is -0.480 e. The van der Waals surface area contributed by atoms with Gasteiger partial charge >= 0.3 is 5.97 Å². The zero-order valence-electron chi connectivity index (χ0n) is 11.5. The fourth-order valence-electron chi connectivity index (χ4n) is 2.04. The minimum absolute atomic E-state index is 0.0640. The van der Waals surface area contributed by atoms with E-state index in [1.54, 1.807) is 17.2 Å². The summed E-state index contributed by atoms with van der Waals surface area (Å²) in [4.78, 5) is 28.9. The van der Waals surface area contributed by atoms with E-state index in [-0.39, 0.29) is 12.1 Å². The van der Waals surface area contributed by atoms with Gasteiger partial charge in [-0.15, -0.1) is 0 Å². The standard InChI is InChI=1S/C14H17N3O3/c1-3-16(9-14(19)20)8-11-6-13(18)17-7-10(2)4-5-12(17)15-11/h4-7H,3,8-9H2,1-2H3,(H,19,20). The summed E-state index contributed by atoms with van der Waals surface area (Å²) >= 11 is 0. The predicted octanol–water partition coefficient (Wildman–Crippen LogP) is 0.909. The molecular weight excluding hydrogens is 258 g/mol. The van der Waals surface area contributed by atoms with Crippen molar-refractivity contribution in [2.75, 3.05) is 13.1 Å². The van der Waals surface area contributed by atoms with Crippen LogP contribution in [0.4, 0.5) is 0 Å². The highest BCUT2D eigenvalue weighted by Crippen LogP contribution is 2.04. The topological polar surface area (TPSA) is 74.9 Å². The fraction of sp³-hybridized carbons (Fsp3) is 0.357. The average molecular weight is 275 g/mol. The number of nitrogens with zero attached hydrogens (tertiary/aromatic N) is 3. The number of likely N-dealkylation sites (N-methyl/N-ethyl adjacent to an activating group) is 1. The zero-order chi connectivity index (χ0) is 14.7. The summed E-state index contributed by atoms with van der Waals surface area (Å²) in [5, 5.41) is 8.82. The van der Waals surface area contributed by atoms with Crippen LogP contribution in [0.1, 0.15) is 18.2 Å². The van der Waals surface area contributed by atoms with Gasteiger partial charge in [0.05, 0.1) is 12.2 Å². The van der Waals surface area contributed by atoms with Gasteiger partial charge in [0.1, 0.15) is 5.65 Å². The maximum Gasteiger partial charge on any atom is 0.317 e. The second kappa shape index (κ2) is 5.83. The lowest BCUT2D eigenvalue weighted by Gasteiger charge is -2.17. The van der Waals surface area contributed by atoms with Gasteiger partial charge in [0, 0.05) is 18.8 Å². The van der Waals surface area contributed by atoms with Crippen molar-refractivity contribution in [3.05, 3.63) is 46.0 Å². The smallest absolute Gasteiger partial charge is 0.317 e. The summed E-state index contributed by atoms with van der Waals surface area (Å²) in [5.74, 6) is -0.889. The van der Waals surface area contributed by atoms with Crippen LogP contribution in [0.15, 0.2) is 29.2 Å². The van der Waals surface area contributed by atoms with E-state index in [4.69, 9.17) is 5.11 Å². The van der Waals surface area contributed by atoms with E-state index in [9.17, 15) is 9.59 Å². The molecule has 6 heteroatoms. The maximum atomic E-state index is 12.0. The Morgan fingerprint density at radius 2 is 2.20 bits per heavy atom. The normalized spacial score (nSPS) is 11.2. The van der Waals surface area contributed by atoms with Gasteiger partial charge in [0.15, 0.2) is 0 Å². The van der Waals surface area contributed by atoms with Crippen LogP contribution in [-0.2, 0) is 11.3 Å². The van der Waals surface area contributed by atoms with Gasteiger partial charge in [0.25, 0.3) is 5.56 Å². The zero-order valence-corrected chi connectivity index (χ0v) is 11.5. The first kappa shape index (κ1) is 14.2. The summed E-state index contributed by atoms with van der Waals surface area (Å²) in [6.45, 7) is 4.65. The van der Waals surface area contributed by atoms with Crippen molar-refractivity contribution >= 4 is 11.6 Å². The lowest BCUT2D eigenvalue weighted by atomic mass is 10.3. The highest BCUT2D eigenvalue weighted by atomic mass is 16.4. The number of hydrogen-bond acceptors (Lipinski definition) is 4. The Bertz CT molecular complexity index is 694. The van der Waals surface area contributed by atoms with Crippen molar-refractivity contribution in [1.29, 1.82) is 0 Å². The molecule has 0 saturated heterocycles.